The molecule has 0 saturated carbocycles. The fraction of sp³-hybridized carbons (Fsp3) is 0.385. The summed E-state index contributed by atoms with van der Waals surface area (Å²) in [6.07, 6.45) is 3.88. The molecule has 0 amide bonds. The zero-order chi connectivity index (χ0) is 13.5. The molecule has 6 nitrogen and oxygen atoms in total. The molecular weight excluding hydrogens is 244 g/mol. The predicted octanol–water partition coefficient (Wildman–Crippen LogP) is 1.50. The Morgan fingerprint density at radius 3 is 3.05 bits per heavy atom. The molecule has 0 spiro atoms. The van der Waals surface area contributed by atoms with Gasteiger partial charge in [-0.3, -0.25) is 0 Å². The summed E-state index contributed by atoms with van der Waals surface area (Å²) in [5.74, 6) is 2.43. The highest BCUT2D eigenvalue weighted by Gasteiger charge is 2.04. The molecule has 0 saturated heterocycles. The minimum atomic E-state index is 0.180. The number of hydrogen-bond acceptors (Lipinski definition) is 6. The first-order valence-electron chi connectivity index (χ1n) is 6.20. The van der Waals surface area contributed by atoms with E-state index in [2.05, 4.69) is 15.3 Å². The molecule has 0 radical (unpaired) electrons. The van der Waals surface area contributed by atoms with Gasteiger partial charge in [-0.2, -0.15) is 0 Å². The highest BCUT2D eigenvalue weighted by molar-refractivity contribution is 5.47. The van der Waals surface area contributed by atoms with Crippen molar-refractivity contribution in [1.29, 1.82) is 0 Å². The van der Waals surface area contributed by atoms with Crippen LogP contribution in [0.25, 0.3) is 0 Å². The van der Waals surface area contributed by atoms with Crippen LogP contribution in [0.2, 0.25) is 0 Å². The lowest BCUT2D eigenvalue weighted by Crippen LogP contribution is -2.20. The Morgan fingerprint density at radius 2 is 2.32 bits per heavy atom. The minimum Gasteiger partial charge on any atom is -0.467 e. The molecule has 2 aromatic rings. The molecule has 2 rings (SSSR count). The molecular formula is C13H18N4O2. The molecule has 19 heavy (non-hydrogen) atoms. The van der Waals surface area contributed by atoms with E-state index in [1.165, 1.54) is 6.33 Å². The average molecular weight is 262 g/mol. The van der Waals surface area contributed by atoms with Crippen molar-refractivity contribution in [2.24, 2.45) is 0 Å². The maximum atomic E-state index is 8.82. The van der Waals surface area contributed by atoms with Crippen molar-refractivity contribution in [3.05, 3.63) is 36.5 Å². The molecule has 2 heterocycles. The number of furan rings is 1. The Hall–Kier alpha value is -2.08. The van der Waals surface area contributed by atoms with E-state index in [1.807, 2.05) is 30.1 Å². The van der Waals surface area contributed by atoms with Crippen molar-refractivity contribution in [1.82, 2.24) is 9.97 Å². The van der Waals surface area contributed by atoms with Crippen LogP contribution in [0.5, 0.6) is 0 Å². The number of anilines is 2. The van der Waals surface area contributed by atoms with Crippen LogP contribution in [0, 0.1) is 0 Å². The SMILES string of the molecule is CN(CCCO)c1cc(NCc2ccco2)ncn1. The Balaban J connectivity index is 1.94. The van der Waals surface area contributed by atoms with Crippen LogP contribution >= 0.6 is 0 Å². The summed E-state index contributed by atoms with van der Waals surface area (Å²) in [7, 11) is 1.94. The van der Waals surface area contributed by atoms with Crippen molar-refractivity contribution in [2.45, 2.75) is 13.0 Å². The van der Waals surface area contributed by atoms with Crippen molar-refractivity contribution in [2.75, 3.05) is 30.4 Å². The van der Waals surface area contributed by atoms with Crippen LogP contribution in [0.1, 0.15) is 12.2 Å². The van der Waals surface area contributed by atoms with Crippen LogP contribution in [0.15, 0.2) is 35.2 Å². The second-order valence-corrected chi connectivity index (χ2v) is 4.19. The highest BCUT2D eigenvalue weighted by Crippen LogP contribution is 2.13. The van der Waals surface area contributed by atoms with Gasteiger partial charge < -0.3 is 19.7 Å². The zero-order valence-electron chi connectivity index (χ0n) is 10.9. The molecule has 0 unspecified atom stereocenters. The lowest BCUT2D eigenvalue weighted by Gasteiger charge is -2.17. The topological polar surface area (TPSA) is 74.4 Å². The smallest absolute Gasteiger partial charge is 0.133 e. The van der Waals surface area contributed by atoms with Gasteiger partial charge in [-0.05, 0) is 18.6 Å². The van der Waals surface area contributed by atoms with Crippen molar-refractivity contribution in [3.63, 3.8) is 0 Å². The van der Waals surface area contributed by atoms with Gasteiger partial charge in [-0.1, -0.05) is 0 Å². The van der Waals surface area contributed by atoms with Crippen LogP contribution in [-0.2, 0) is 6.54 Å². The van der Waals surface area contributed by atoms with Gasteiger partial charge in [-0.25, -0.2) is 9.97 Å². The van der Waals surface area contributed by atoms with Gasteiger partial charge in [0.2, 0.25) is 0 Å². The summed E-state index contributed by atoms with van der Waals surface area (Å²) in [4.78, 5) is 10.4. The van der Waals surface area contributed by atoms with Gasteiger partial charge in [0.25, 0.3) is 0 Å². The molecule has 0 fully saturated rings. The maximum absolute atomic E-state index is 8.82. The lowest BCUT2D eigenvalue weighted by atomic mass is 10.4. The summed E-state index contributed by atoms with van der Waals surface area (Å²) < 4.78 is 5.24. The minimum absolute atomic E-state index is 0.180. The summed E-state index contributed by atoms with van der Waals surface area (Å²) in [5, 5.41) is 12.0. The monoisotopic (exact) mass is 262 g/mol. The van der Waals surface area contributed by atoms with E-state index < -0.39 is 0 Å². The zero-order valence-corrected chi connectivity index (χ0v) is 10.9. The predicted molar refractivity (Wildman–Crippen MR) is 73.0 cm³/mol. The summed E-state index contributed by atoms with van der Waals surface area (Å²) in [6.45, 7) is 1.52. The van der Waals surface area contributed by atoms with Gasteiger partial charge in [0.15, 0.2) is 0 Å². The van der Waals surface area contributed by atoms with Crippen LogP contribution in [0.4, 0.5) is 11.6 Å². The Kier molecular flexibility index (Phi) is 4.74. The molecule has 0 aliphatic rings. The highest BCUT2D eigenvalue weighted by atomic mass is 16.3. The van der Waals surface area contributed by atoms with E-state index in [0.29, 0.717) is 6.54 Å². The number of nitrogens with zero attached hydrogens (tertiary/aromatic N) is 3. The Morgan fingerprint density at radius 1 is 1.42 bits per heavy atom. The number of aromatic nitrogens is 2. The van der Waals surface area contributed by atoms with Gasteiger partial charge in [0.1, 0.15) is 23.7 Å². The van der Waals surface area contributed by atoms with E-state index >= 15 is 0 Å². The van der Waals surface area contributed by atoms with Gasteiger partial charge in [0, 0.05) is 26.3 Å². The largest absolute Gasteiger partial charge is 0.467 e. The van der Waals surface area contributed by atoms with E-state index in [0.717, 1.165) is 30.4 Å². The fourth-order valence-electron chi connectivity index (χ4n) is 1.67. The molecule has 2 aromatic heterocycles. The number of rotatable bonds is 7. The van der Waals surface area contributed by atoms with Gasteiger partial charge in [0.05, 0.1) is 12.8 Å². The van der Waals surface area contributed by atoms with Gasteiger partial charge >= 0.3 is 0 Å². The van der Waals surface area contributed by atoms with Crippen molar-refractivity contribution < 1.29 is 9.52 Å². The van der Waals surface area contributed by atoms with Crippen molar-refractivity contribution >= 4 is 11.6 Å². The number of nitrogens with one attached hydrogen (secondary N) is 1. The van der Waals surface area contributed by atoms with E-state index in [4.69, 9.17) is 9.52 Å². The second-order valence-electron chi connectivity index (χ2n) is 4.19. The van der Waals surface area contributed by atoms with Gasteiger partial charge in [-0.15, -0.1) is 0 Å². The Labute approximate surface area is 112 Å². The number of aliphatic hydroxyl groups excluding tert-OH is 1. The van der Waals surface area contributed by atoms with E-state index in [-0.39, 0.29) is 6.61 Å². The molecule has 0 aliphatic heterocycles. The van der Waals surface area contributed by atoms with Crippen molar-refractivity contribution in [3.8, 4) is 0 Å². The average Bonchev–Trinajstić information content (AvgIpc) is 2.96. The Bertz CT molecular complexity index is 487. The first-order chi connectivity index (χ1) is 9.29. The first-order valence-corrected chi connectivity index (χ1v) is 6.20. The second kappa shape index (κ2) is 6.75. The fourth-order valence-corrected chi connectivity index (χ4v) is 1.67. The van der Waals surface area contributed by atoms with E-state index in [1.54, 1.807) is 6.26 Å². The van der Waals surface area contributed by atoms with Crippen LogP contribution in [0.3, 0.4) is 0 Å². The van der Waals surface area contributed by atoms with E-state index in [9.17, 15) is 0 Å². The third kappa shape index (κ3) is 3.96. The molecule has 2 N–H and O–H groups in total. The number of aliphatic hydroxyl groups is 1. The maximum Gasteiger partial charge on any atom is 0.133 e. The normalized spacial score (nSPS) is 10.4. The third-order valence-corrected chi connectivity index (χ3v) is 2.72. The molecule has 0 aromatic carbocycles. The van der Waals surface area contributed by atoms with Crippen LogP contribution in [-0.4, -0.2) is 35.3 Å². The standard InChI is InChI=1S/C13H18N4O2/c1-17(5-3-6-18)13-8-12(15-10-16-13)14-9-11-4-2-7-19-11/h2,4,7-8,10,18H,3,5-6,9H2,1H3,(H,14,15,16). The van der Waals surface area contributed by atoms with Crippen LogP contribution < -0.4 is 10.2 Å². The molecule has 0 atom stereocenters. The molecule has 102 valence electrons. The third-order valence-electron chi connectivity index (χ3n) is 2.72. The summed E-state index contributed by atoms with van der Waals surface area (Å²) >= 11 is 0. The quantitative estimate of drug-likeness (QED) is 0.787. The number of hydrogen-bond donors (Lipinski definition) is 2. The summed E-state index contributed by atoms with van der Waals surface area (Å²) in [6, 6.07) is 5.63. The molecule has 0 aliphatic carbocycles. The lowest BCUT2D eigenvalue weighted by molar-refractivity contribution is 0.290. The molecule has 0 bridgehead atoms. The summed E-state index contributed by atoms with van der Waals surface area (Å²) in [5.41, 5.74) is 0. The molecule has 6 heteroatoms. The first kappa shape index (κ1) is 13.4.